The SMILES string of the molecule is O=C1OC(=O)C2C1C1C=CC2([SiH3])C1. The molecule has 13 heavy (non-hydrogen) atoms. The van der Waals surface area contributed by atoms with Gasteiger partial charge in [-0.05, 0) is 17.4 Å². The van der Waals surface area contributed by atoms with Gasteiger partial charge in [0.2, 0.25) is 0 Å². The first-order valence-electron chi connectivity index (χ1n) is 4.57. The van der Waals surface area contributed by atoms with E-state index in [-0.39, 0.29) is 34.7 Å². The van der Waals surface area contributed by atoms with Crippen molar-refractivity contribution < 1.29 is 14.3 Å². The molecule has 1 heterocycles. The summed E-state index contributed by atoms with van der Waals surface area (Å²) in [7, 11) is 0.935. The lowest BCUT2D eigenvalue weighted by atomic mass is 9.84. The second-order valence-electron chi connectivity index (χ2n) is 4.48. The molecular formula is C9H10O3Si. The molecule has 0 aromatic heterocycles. The molecule has 0 aromatic carbocycles. The predicted octanol–water partition coefficient (Wildman–Crippen LogP) is -0.584. The average Bonchev–Trinajstić information content (AvgIpc) is 2.62. The van der Waals surface area contributed by atoms with Crippen molar-refractivity contribution in [2.45, 2.75) is 11.5 Å². The number of cyclic esters (lactones) is 2. The van der Waals surface area contributed by atoms with E-state index in [1.54, 1.807) is 0 Å². The molecule has 2 bridgehead atoms. The second kappa shape index (κ2) is 1.95. The molecule has 0 aromatic rings. The minimum atomic E-state index is -0.290. The molecule has 1 aliphatic heterocycles. The summed E-state index contributed by atoms with van der Waals surface area (Å²) in [5.41, 5.74) is 0. The molecule has 3 nitrogen and oxygen atoms in total. The fraction of sp³-hybridized carbons (Fsp3) is 0.556. The van der Waals surface area contributed by atoms with Crippen molar-refractivity contribution in [3.63, 3.8) is 0 Å². The number of esters is 2. The number of carbonyl (C=O) groups excluding carboxylic acids is 2. The quantitative estimate of drug-likeness (QED) is 0.224. The molecule has 3 aliphatic rings. The van der Waals surface area contributed by atoms with Gasteiger partial charge in [0.1, 0.15) is 0 Å². The minimum absolute atomic E-state index is 0.0264. The summed E-state index contributed by atoms with van der Waals surface area (Å²) in [5, 5.41) is 0.0264. The van der Waals surface area contributed by atoms with E-state index in [0.717, 1.165) is 16.7 Å². The number of ether oxygens (including phenoxy) is 1. The van der Waals surface area contributed by atoms with Crippen molar-refractivity contribution in [1.82, 2.24) is 0 Å². The number of rotatable bonds is 0. The summed E-state index contributed by atoms with van der Waals surface area (Å²) in [5.74, 6) is -0.572. The molecule has 1 saturated carbocycles. The number of hydrogen-bond donors (Lipinski definition) is 0. The van der Waals surface area contributed by atoms with E-state index in [1.165, 1.54) is 0 Å². The minimum Gasteiger partial charge on any atom is -0.393 e. The molecule has 4 heteroatoms. The summed E-state index contributed by atoms with van der Waals surface area (Å²) in [6.45, 7) is 0. The monoisotopic (exact) mass is 194 g/mol. The fourth-order valence-corrected chi connectivity index (χ4v) is 4.34. The normalized spacial score (nSPS) is 51.5. The third-order valence-electron chi connectivity index (χ3n) is 3.66. The lowest BCUT2D eigenvalue weighted by Gasteiger charge is -2.23. The Balaban J connectivity index is 2.13. The van der Waals surface area contributed by atoms with Gasteiger partial charge in [0.25, 0.3) is 0 Å². The van der Waals surface area contributed by atoms with E-state index >= 15 is 0 Å². The van der Waals surface area contributed by atoms with Crippen molar-refractivity contribution >= 4 is 22.2 Å². The second-order valence-corrected chi connectivity index (χ2v) is 6.34. The van der Waals surface area contributed by atoms with Gasteiger partial charge < -0.3 is 4.74 Å². The third kappa shape index (κ3) is 0.705. The largest absolute Gasteiger partial charge is 0.393 e. The van der Waals surface area contributed by atoms with Crippen molar-refractivity contribution in [3.8, 4) is 0 Å². The highest BCUT2D eigenvalue weighted by Crippen LogP contribution is 2.62. The van der Waals surface area contributed by atoms with Crippen LogP contribution in [0.15, 0.2) is 12.2 Å². The van der Waals surface area contributed by atoms with Crippen LogP contribution in [-0.2, 0) is 14.3 Å². The summed E-state index contributed by atoms with van der Waals surface area (Å²) in [4.78, 5) is 22.7. The van der Waals surface area contributed by atoms with E-state index in [9.17, 15) is 9.59 Å². The van der Waals surface area contributed by atoms with Crippen LogP contribution in [0.5, 0.6) is 0 Å². The Morgan fingerprint density at radius 2 is 2.23 bits per heavy atom. The zero-order valence-corrected chi connectivity index (χ0v) is 9.32. The van der Waals surface area contributed by atoms with E-state index < -0.39 is 0 Å². The highest BCUT2D eigenvalue weighted by atomic mass is 28.1. The lowest BCUT2D eigenvalue weighted by Crippen LogP contribution is -2.26. The van der Waals surface area contributed by atoms with Crippen molar-refractivity contribution in [2.75, 3.05) is 0 Å². The van der Waals surface area contributed by atoms with Crippen LogP contribution in [0.3, 0.4) is 0 Å². The molecule has 0 amide bonds. The third-order valence-corrected chi connectivity index (χ3v) is 5.02. The van der Waals surface area contributed by atoms with E-state index in [4.69, 9.17) is 0 Å². The maximum Gasteiger partial charge on any atom is 0.318 e. The Morgan fingerprint density at radius 1 is 1.46 bits per heavy atom. The lowest BCUT2D eigenvalue weighted by molar-refractivity contribution is -0.154. The standard InChI is InChI=1S/C9H10O3Si/c10-7-5-4-1-2-9(13,3-4)6(5)8(11)12-7/h1-2,4-6H,3H2,13H3. The van der Waals surface area contributed by atoms with Crippen LogP contribution in [0, 0.1) is 17.8 Å². The summed E-state index contributed by atoms with van der Waals surface area (Å²) in [6, 6.07) is 0. The van der Waals surface area contributed by atoms with E-state index in [2.05, 4.69) is 16.9 Å². The van der Waals surface area contributed by atoms with Crippen LogP contribution in [0.2, 0.25) is 5.04 Å². The average molecular weight is 194 g/mol. The summed E-state index contributed by atoms with van der Waals surface area (Å²) in [6.07, 6.45) is 5.22. The molecule has 0 N–H and O–H groups in total. The first-order chi connectivity index (χ1) is 6.12. The molecule has 0 spiro atoms. The van der Waals surface area contributed by atoms with Crippen molar-refractivity contribution in [1.29, 1.82) is 0 Å². The first kappa shape index (κ1) is 7.50. The van der Waals surface area contributed by atoms with Crippen LogP contribution in [0.4, 0.5) is 0 Å². The van der Waals surface area contributed by atoms with Gasteiger partial charge >= 0.3 is 11.9 Å². The van der Waals surface area contributed by atoms with Crippen molar-refractivity contribution in [2.24, 2.45) is 17.8 Å². The van der Waals surface area contributed by atoms with Crippen LogP contribution >= 0.6 is 0 Å². The maximum absolute atomic E-state index is 11.4. The Morgan fingerprint density at radius 3 is 2.92 bits per heavy atom. The van der Waals surface area contributed by atoms with E-state index in [0.29, 0.717) is 0 Å². The Labute approximate surface area is 78.6 Å². The predicted molar refractivity (Wildman–Crippen MR) is 48.0 cm³/mol. The highest BCUT2D eigenvalue weighted by molar-refractivity contribution is 6.21. The highest BCUT2D eigenvalue weighted by Gasteiger charge is 2.63. The zero-order chi connectivity index (χ0) is 9.22. The molecule has 4 unspecified atom stereocenters. The van der Waals surface area contributed by atoms with Crippen LogP contribution in [0.25, 0.3) is 0 Å². The van der Waals surface area contributed by atoms with Gasteiger partial charge in [-0.25, -0.2) is 0 Å². The van der Waals surface area contributed by atoms with E-state index in [1.807, 2.05) is 0 Å². The van der Waals surface area contributed by atoms with Crippen LogP contribution in [0.1, 0.15) is 6.42 Å². The molecule has 2 fully saturated rings. The van der Waals surface area contributed by atoms with Gasteiger partial charge in [0.05, 0.1) is 11.8 Å². The van der Waals surface area contributed by atoms with Crippen molar-refractivity contribution in [3.05, 3.63) is 12.2 Å². The topological polar surface area (TPSA) is 43.4 Å². The van der Waals surface area contributed by atoms with Gasteiger partial charge in [-0.1, -0.05) is 12.2 Å². The van der Waals surface area contributed by atoms with Gasteiger partial charge in [-0.2, -0.15) is 0 Å². The number of hydrogen-bond acceptors (Lipinski definition) is 3. The molecular weight excluding hydrogens is 184 g/mol. The maximum atomic E-state index is 11.4. The summed E-state index contributed by atoms with van der Waals surface area (Å²) >= 11 is 0. The Bertz CT molecular complexity index is 349. The number of allylic oxidation sites excluding steroid dienone is 2. The van der Waals surface area contributed by atoms with Crippen LogP contribution in [-0.4, -0.2) is 22.2 Å². The molecule has 2 aliphatic carbocycles. The van der Waals surface area contributed by atoms with Gasteiger partial charge in [-0.3, -0.25) is 9.59 Å². The molecule has 0 radical (unpaired) electrons. The molecule has 68 valence electrons. The Kier molecular flexibility index (Phi) is 1.12. The van der Waals surface area contributed by atoms with Gasteiger partial charge in [0, 0.05) is 10.2 Å². The molecule has 3 rings (SSSR count). The smallest absolute Gasteiger partial charge is 0.318 e. The van der Waals surface area contributed by atoms with Crippen LogP contribution < -0.4 is 0 Å². The first-order valence-corrected chi connectivity index (χ1v) is 5.57. The zero-order valence-electron chi connectivity index (χ0n) is 7.32. The molecule has 1 saturated heterocycles. The Hall–Kier alpha value is -0.903. The van der Waals surface area contributed by atoms with Gasteiger partial charge in [0.15, 0.2) is 0 Å². The number of fused-ring (bicyclic) bond motifs is 5. The molecule has 4 atom stereocenters. The summed E-state index contributed by atoms with van der Waals surface area (Å²) < 4.78 is 4.68. The fourth-order valence-electron chi connectivity index (χ4n) is 3.08. The number of carbonyl (C=O) groups is 2. The van der Waals surface area contributed by atoms with Gasteiger partial charge in [-0.15, -0.1) is 0 Å².